The van der Waals surface area contributed by atoms with E-state index in [1.165, 1.54) is 12.0 Å². The molecule has 0 saturated heterocycles. The number of aromatic nitrogens is 1. The average Bonchev–Trinajstić information content (AvgIpc) is 3.18. The molecule has 2 aromatic rings. The van der Waals surface area contributed by atoms with E-state index in [9.17, 15) is 9.59 Å². The van der Waals surface area contributed by atoms with E-state index in [1.807, 2.05) is 43.8 Å². The largest absolute Gasteiger partial charge is 0.497 e. The number of hydrogen-bond acceptors (Lipinski definition) is 5. The lowest BCUT2D eigenvalue weighted by Crippen LogP contribution is -2.48. The Balaban J connectivity index is 2.15. The molecule has 0 spiro atoms. The van der Waals surface area contributed by atoms with Crippen LogP contribution in [0.1, 0.15) is 19.5 Å². The van der Waals surface area contributed by atoms with Gasteiger partial charge in [0.1, 0.15) is 18.0 Å². The topological polar surface area (TPSA) is 85.3 Å². The van der Waals surface area contributed by atoms with Gasteiger partial charge in [0, 0.05) is 44.7 Å². The normalized spacial score (nSPS) is 10.7. The molecule has 0 aliphatic rings. The molecule has 0 atom stereocenters. The van der Waals surface area contributed by atoms with Gasteiger partial charge in [-0.15, -0.1) is 0 Å². The van der Waals surface area contributed by atoms with Crippen LogP contribution in [0.15, 0.2) is 36.5 Å². The van der Waals surface area contributed by atoms with Crippen molar-refractivity contribution in [2.75, 3.05) is 46.3 Å². The zero-order valence-electron chi connectivity index (χ0n) is 19.8. The van der Waals surface area contributed by atoms with Gasteiger partial charge in [0.2, 0.25) is 5.91 Å². The third-order valence-electron chi connectivity index (χ3n) is 5.16. The minimum atomic E-state index is -0.387. The second-order valence-electron chi connectivity index (χ2n) is 7.64. The molecule has 0 bridgehead atoms. The summed E-state index contributed by atoms with van der Waals surface area (Å²) < 4.78 is 17.7. The van der Waals surface area contributed by atoms with Gasteiger partial charge in [-0.3, -0.25) is 4.79 Å². The number of rotatable bonds is 11. The van der Waals surface area contributed by atoms with E-state index >= 15 is 0 Å². The van der Waals surface area contributed by atoms with E-state index in [4.69, 9.17) is 14.2 Å². The highest BCUT2D eigenvalue weighted by Gasteiger charge is 2.25. The number of benzene rings is 1. The van der Waals surface area contributed by atoms with Crippen LogP contribution in [-0.2, 0) is 23.1 Å². The lowest BCUT2D eigenvalue weighted by atomic mass is 10.2. The van der Waals surface area contributed by atoms with Crippen molar-refractivity contribution in [3.05, 3.63) is 42.2 Å². The Labute approximate surface area is 189 Å². The van der Waals surface area contributed by atoms with Crippen molar-refractivity contribution in [3.63, 3.8) is 0 Å². The van der Waals surface area contributed by atoms with Gasteiger partial charge in [-0.2, -0.15) is 0 Å². The van der Waals surface area contributed by atoms with Crippen molar-refractivity contribution in [2.45, 2.75) is 26.4 Å². The van der Waals surface area contributed by atoms with Crippen molar-refractivity contribution in [2.24, 2.45) is 7.05 Å². The fourth-order valence-electron chi connectivity index (χ4n) is 3.17. The molecule has 2 rings (SSSR count). The molecule has 0 fully saturated rings. The summed E-state index contributed by atoms with van der Waals surface area (Å²) in [6, 6.07) is 8.45. The van der Waals surface area contributed by atoms with E-state index in [2.05, 4.69) is 5.32 Å². The fraction of sp³-hybridized carbons (Fsp3) is 0.478. The molecule has 0 aliphatic heterocycles. The van der Waals surface area contributed by atoms with Crippen molar-refractivity contribution >= 4 is 17.6 Å². The molecule has 1 heterocycles. The van der Waals surface area contributed by atoms with Gasteiger partial charge >= 0.3 is 6.03 Å². The molecule has 0 radical (unpaired) electrons. The maximum absolute atomic E-state index is 13.2. The average molecular weight is 447 g/mol. The number of hydrogen-bond donors (Lipinski definition) is 1. The van der Waals surface area contributed by atoms with E-state index in [1.54, 1.807) is 37.3 Å². The Bertz CT molecular complexity index is 896. The number of nitrogens with zero attached hydrogens (tertiary/aromatic N) is 3. The molecule has 176 valence electrons. The number of anilines is 1. The molecule has 0 saturated carbocycles. The fourth-order valence-corrected chi connectivity index (χ4v) is 3.17. The van der Waals surface area contributed by atoms with Crippen molar-refractivity contribution < 1.29 is 23.8 Å². The number of methoxy groups -OCH3 is 3. The molecule has 1 N–H and O–H groups in total. The van der Waals surface area contributed by atoms with Crippen molar-refractivity contribution in [1.29, 1.82) is 0 Å². The second-order valence-corrected chi connectivity index (χ2v) is 7.64. The number of ether oxygens (including phenoxy) is 3. The maximum Gasteiger partial charge on any atom is 0.322 e. The Hall–Kier alpha value is -3.20. The zero-order chi connectivity index (χ0) is 23.7. The van der Waals surface area contributed by atoms with Gasteiger partial charge in [-0.05, 0) is 38.1 Å². The van der Waals surface area contributed by atoms with Gasteiger partial charge in [-0.1, -0.05) is 0 Å². The predicted octanol–water partition coefficient (Wildman–Crippen LogP) is 2.96. The predicted molar refractivity (Wildman–Crippen MR) is 123 cm³/mol. The van der Waals surface area contributed by atoms with Crippen LogP contribution in [0.4, 0.5) is 10.5 Å². The summed E-state index contributed by atoms with van der Waals surface area (Å²) >= 11 is 0. The number of urea groups is 1. The Kier molecular flexibility index (Phi) is 9.39. The second kappa shape index (κ2) is 12.0. The van der Waals surface area contributed by atoms with Crippen LogP contribution in [0.2, 0.25) is 0 Å². The molecular weight excluding hydrogens is 412 g/mol. The van der Waals surface area contributed by atoms with Gasteiger partial charge in [0.25, 0.3) is 0 Å². The van der Waals surface area contributed by atoms with Gasteiger partial charge in [0.15, 0.2) is 0 Å². The van der Waals surface area contributed by atoms with Crippen LogP contribution in [0, 0.1) is 0 Å². The highest BCUT2D eigenvalue weighted by molar-refractivity contribution is 5.94. The minimum Gasteiger partial charge on any atom is -0.497 e. The third kappa shape index (κ3) is 6.65. The quantitative estimate of drug-likeness (QED) is 0.574. The Morgan fingerprint density at radius 3 is 2.44 bits per heavy atom. The summed E-state index contributed by atoms with van der Waals surface area (Å²) in [6.45, 7) is 4.96. The van der Waals surface area contributed by atoms with E-state index < -0.39 is 0 Å². The first-order valence-electron chi connectivity index (χ1n) is 10.5. The van der Waals surface area contributed by atoms with Crippen LogP contribution >= 0.6 is 0 Å². The molecular formula is C23H34N4O5. The first kappa shape index (κ1) is 25.1. The SMILES string of the molecule is COCCN(Cc1cccn1C)C(=O)CN(C(=O)Nc1ccc(OC)cc1OC)C(C)C. The smallest absolute Gasteiger partial charge is 0.322 e. The molecule has 9 heteroatoms. The lowest BCUT2D eigenvalue weighted by Gasteiger charge is -2.30. The van der Waals surface area contributed by atoms with Crippen molar-refractivity contribution in [1.82, 2.24) is 14.4 Å². The van der Waals surface area contributed by atoms with Crippen LogP contribution < -0.4 is 14.8 Å². The van der Waals surface area contributed by atoms with E-state index in [-0.39, 0.29) is 24.5 Å². The summed E-state index contributed by atoms with van der Waals surface area (Å²) in [4.78, 5) is 29.4. The monoisotopic (exact) mass is 446 g/mol. The Morgan fingerprint density at radius 2 is 1.88 bits per heavy atom. The van der Waals surface area contributed by atoms with Gasteiger partial charge < -0.3 is 33.9 Å². The van der Waals surface area contributed by atoms with Crippen LogP contribution in [-0.4, -0.2) is 73.4 Å². The molecule has 1 aromatic carbocycles. The summed E-state index contributed by atoms with van der Waals surface area (Å²) in [5.41, 5.74) is 1.49. The number of amides is 3. The summed E-state index contributed by atoms with van der Waals surface area (Å²) in [7, 11) is 6.61. The summed E-state index contributed by atoms with van der Waals surface area (Å²) in [5, 5.41) is 2.84. The van der Waals surface area contributed by atoms with Crippen molar-refractivity contribution in [3.8, 4) is 11.5 Å². The number of aryl methyl sites for hydroxylation is 1. The molecule has 3 amide bonds. The highest BCUT2D eigenvalue weighted by Crippen LogP contribution is 2.29. The third-order valence-corrected chi connectivity index (χ3v) is 5.16. The van der Waals surface area contributed by atoms with Crippen LogP contribution in [0.25, 0.3) is 0 Å². The summed E-state index contributed by atoms with van der Waals surface area (Å²) in [5.74, 6) is 0.928. The maximum atomic E-state index is 13.2. The molecule has 0 aliphatic carbocycles. The van der Waals surface area contributed by atoms with E-state index in [0.717, 1.165) is 5.69 Å². The lowest BCUT2D eigenvalue weighted by molar-refractivity contribution is -0.133. The standard InChI is InChI=1S/C23H34N4O5/c1-17(2)27(23(29)24-20-10-9-19(31-5)14-21(20)32-6)16-22(28)26(12-13-30-4)15-18-8-7-11-25(18)3/h7-11,14,17H,12-13,15-16H2,1-6H3,(H,24,29). The van der Waals surface area contributed by atoms with Crippen LogP contribution in [0.3, 0.4) is 0 Å². The first-order chi connectivity index (χ1) is 15.3. The number of nitrogens with one attached hydrogen (secondary N) is 1. The van der Waals surface area contributed by atoms with Crippen LogP contribution in [0.5, 0.6) is 11.5 Å². The molecule has 1 aromatic heterocycles. The van der Waals surface area contributed by atoms with E-state index in [0.29, 0.717) is 36.9 Å². The zero-order valence-corrected chi connectivity index (χ0v) is 19.8. The Morgan fingerprint density at radius 1 is 1.12 bits per heavy atom. The minimum absolute atomic E-state index is 0.0594. The molecule has 9 nitrogen and oxygen atoms in total. The summed E-state index contributed by atoms with van der Waals surface area (Å²) in [6.07, 6.45) is 1.93. The number of carbonyl (C=O) groups is 2. The number of carbonyl (C=O) groups excluding carboxylic acids is 2. The van der Waals surface area contributed by atoms with Gasteiger partial charge in [0.05, 0.1) is 33.1 Å². The highest BCUT2D eigenvalue weighted by atomic mass is 16.5. The van der Waals surface area contributed by atoms with Gasteiger partial charge in [-0.25, -0.2) is 4.79 Å². The first-order valence-corrected chi connectivity index (χ1v) is 10.5. The molecule has 32 heavy (non-hydrogen) atoms. The molecule has 0 unspecified atom stereocenters.